The van der Waals surface area contributed by atoms with Crippen molar-refractivity contribution in [3.8, 4) is 22.9 Å². The molecule has 5 rings (SSSR count). The smallest absolute Gasteiger partial charge is 0.147 e. The minimum absolute atomic E-state index is 0.122. The molecule has 1 aliphatic heterocycles. The van der Waals surface area contributed by atoms with E-state index in [9.17, 15) is 5.26 Å². The van der Waals surface area contributed by atoms with Gasteiger partial charge >= 0.3 is 0 Å². The van der Waals surface area contributed by atoms with Gasteiger partial charge in [0.2, 0.25) is 0 Å². The average molecular weight is 405 g/mol. The second kappa shape index (κ2) is 7.77. The van der Waals surface area contributed by atoms with Gasteiger partial charge < -0.3 is 10.1 Å². The minimum Gasteiger partial charge on any atom is -0.488 e. The molecule has 7 nitrogen and oxygen atoms in total. The Morgan fingerprint density at radius 1 is 1.23 bits per heavy atom. The zero-order chi connectivity index (χ0) is 20.7. The van der Waals surface area contributed by atoms with Crippen molar-refractivity contribution in [1.29, 1.82) is 5.26 Å². The van der Waals surface area contributed by atoms with Crippen LogP contribution in [0.25, 0.3) is 16.6 Å². The molecule has 3 aromatic rings. The molecule has 3 aromatic heterocycles. The quantitative estimate of drug-likeness (QED) is 0.698. The Labute approximate surface area is 176 Å². The number of nitriles is 1. The van der Waals surface area contributed by atoms with Crippen molar-refractivity contribution < 1.29 is 4.74 Å². The second-order valence-corrected chi connectivity index (χ2v) is 8.66. The summed E-state index contributed by atoms with van der Waals surface area (Å²) in [4.78, 5) is 0. The Morgan fingerprint density at radius 3 is 2.80 bits per heavy atom. The summed E-state index contributed by atoms with van der Waals surface area (Å²) < 4.78 is 10.3. The van der Waals surface area contributed by atoms with Gasteiger partial charge in [-0.2, -0.15) is 15.5 Å². The summed E-state index contributed by atoms with van der Waals surface area (Å²) in [7, 11) is 0. The molecule has 156 valence electrons. The first-order chi connectivity index (χ1) is 14.7. The van der Waals surface area contributed by atoms with E-state index in [0.717, 1.165) is 47.6 Å². The van der Waals surface area contributed by atoms with Gasteiger partial charge in [-0.3, -0.25) is 4.68 Å². The van der Waals surface area contributed by atoms with E-state index in [-0.39, 0.29) is 6.10 Å². The van der Waals surface area contributed by atoms with Gasteiger partial charge in [0.25, 0.3) is 0 Å². The van der Waals surface area contributed by atoms with Gasteiger partial charge in [0.15, 0.2) is 0 Å². The highest BCUT2D eigenvalue weighted by atomic mass is 16.5. The number of piperidine rings is 1. The van der Waals surface area contributed by atoms with Gasteiger partial charge in [0, 0.05) is 29.6 Å². The fourth-order valence-electron chi connectivity index (χ4n) is 4.73. The first-order valence-corrected chi connectivity index (χ1v) is 11.0. The van der Waals surface area contributed by atoms with Crippen molar-refractivity contribution in [1.82, 2.24) is 24.7 Å². The topological polar surface area (TPSA) is 80.2 Å². The molecule has 30 heavy (non-hydrogen) atoms. The number of nitrogens with one attached hydrogen (secondary N) is 1. The maximum Gasteiger partial charge on any atom is 0.147 e. The van der Waals surface area contributed by atoms with Crippen LogP contribution < -0.4 is 10.1 Å². The molecule has 4 heterocycles. The van der Waals surface area contributed by atoms with E-state index in [1.807, 2.05) is 12.4 Å². The number of fused-ring (bicyclic) bond motifs is 1. The van der Waals surface area contributed by atoms with Crippen LogP contribution in [0.3, 0.4) is 0 Å². The summed E-state index contributed by atoms with van der Waals surface area (Å²) in [6.45, 7) is 6.30. The van der Waals surface area contributed by atoms with Crippen molar-refractivity contribution in [3.63, 3.8) is 0 Å². The molecule has 1 aliphatic carbocycles. The Morgan fingerprint density at radius 2 is 2.10 bits per heavy atom. The molecule has 0 amide bonds. The van der Waals surface area contributed by atoms with E-state index in [1.54, 1.807) is 10.7 Å². The Bertz CT molecular complexity index is 1100. The zero-order valence-corrected chi connectivity index (χ0v) is 17.6. The van der Waals surface area contributed by atoms with Gasteiger partial charge in [0.1, 0.15) is 22.9 Å². The lowest BCUT2D eigenvalue weighted by atomic mass is 9.82. The number of hydrogen-bond donors (Lipinski definition) is 1. The van der Waals surface area contributed by atoms with E-state index in [4.69, 9.17) is 9.84 Å². The molecule has 1 saturated carbocycles. The number of ether oxygens (including phenoxy) is 1. The molecule has 1 saturated heterocycles. The molecular formula is C23H28N6O. The van der Waals surface area contributed by atoms with Crippen molar-refractivity contribution >= 4 is 5.52 Å². The molecule has 0 aromatic carbocycles. The molecule has 0 radical (unpaired) electrons. The summed E-state index contributed by atoms with van der Waals surface area (Å²) in [6.07, 6.45) is 11.7. The predicted octanol–water partition coefficient (Wildman–Crippen LogP) is 3.87. The monoisotopic (exact) mass is 404 g/mol. The third kappa shape index (κ3) is 3.25. The second-order valence-electron chi connectivity index (χ2n) is 8.66. The summed E-state index contributed by atoms with van der Waals surface area (Å²) in [5.41, 5.74) is 4.52. The summed E-state index contributed by atoms with van der Waals surface area (Å²) in [5, 5.41) is 22.2. The third-order valence-corrected chi connectivity index (χ3v) is 6.80. The Hall–Kier alpha value is -2.85. The first-order valence-electron chi connectivity index (χ1n) is 11.0. The fraction of sp³-hybridized carbons (Fsp3) is 0.522. The van der Waals surface area contributed by atoms with Gasteiger partial charge in [-0.15, -0.1) is 0 Å². The van der Waals surface area contributed by atoms with Crippen LogP contribution in [0.2, 0.25) is 0 Å². The highest BCUT2D eigenvalue weighted by molar-refractivity contribution is 5.76. The lowest BCUT2D eigenvalue weighted by Crippen LogP contribution is -2.32. The van der Waals surface area contributed by atoms with Crippen LogP contribution in [0.15, 0.2) is 24.7 Å². The number of hydrogen-bond acceptors (Lipinski definition) is 5. The van der Waals surface area contributed by atoms with Crippen LogP contribution in [0.4, 0.5) is 0 Å². The number of nitrogens with zero attached hydrogens (tertiary/aromatic N) is 5. The van der Waals surface area contributed by atoms with E-state index in [2.05, 4.69) is 41.1 Å². The lowest BCUT2D eigenvalue weighted by Gasteiger charge is -2.31. The molecule has 2 fully saturated rings. The van der Waals surface area contributed by atoms with Gasteiger partial charge in [-0.25, -0.2) is 4.52 Å². The van der Waals surface area contributed by atoms with Crippen LogP contribution in [0.1, 0.15) is 56.3 Å². The zero-order valence-electron chi connectivity index (χ0n) is 17.6. The minimum atomic E-state index is 0.122. The van der Waals surface area contributed by atoms with E-state index in [0.29, 0.717) is 17.5 Å². The number of aromatic nitrogens is 4. The Balaban J connectivity index is 1.55. The van der Waals surface area contributed by atoms with Crippen molar-refractivity contribution in [2.75, 3.05) is 13.1 Å². The van der Waals surface area contributed by atoms with Crippen molar-refractivity contribution in [2.45, 2.75) is 58.1 Å². The van der Waals surface area contributed by atoms with Crippen LogP contribution >= 0.6 is 0 Å². The molecule has 2 atom stereocenters. The molecule has 0 spiro atoms. The van der Waals surface area contributed by atoms with Gasteiger partial charge in [0.05, 0.1) is 24.5 Å². The van der Waals surface area contributed by atoms with Crippen LogP contribution in [0, 0.1) is 24.2 Å². The standard InChI is InChI=1S/C23H28N6O/c1-15-21(13-27-29(15)20-7-4-8-25-12-20)18-9-22(30-16(2)17-5-3-6-17)23-19(10-24)11-26-28(23)14-18/h9,11,13-14,16-17,20,25H,3-8,12H2,1-2H3/t16-,20?/m1/s1. The van der Waals surface area contributed by atoms with E-state index in [1.165, 1.54) is 25.7 Å². The largest absolute Gasteiger partial charge is 0.488 e. The van der Waals surface area contributed by atoms with Gasteiger partial charge in [-0.1, -0.05) is 6.42 Å². The SMILES string of the molecule is Cc1c(-c2cc(O[C@H](C)C3CCC3)c3c(C#N)cnn3c2)cnn1C1CCCNC1. The molecule has 1 unspecified atom stereocenters. The lowest BCUT2D eigenvalue weighted by molar-refractivity contribution is 0.1000. The van der Waals surface area contributed by atoms with Crippen LogP contribution in [-0.2, 0) is 0 Å². The highest BCUT2D eigenvalue weighted by Crippen LogP contribution is 2.36. The Kier molecular flexibility index (Phi) is 4.95. The molecule has 0 bridgehead atoms. The molecule has 2 aliphatic rings. The molecular weight excluding hydrogens is 376 g/mol. The van der Waals surface area contributed by atoms with Crippen LogP contribution in [0.5, 0.6) is 5.75 Å². The van der Waals surface area contributed by atoms with Gasteiger partial charge in [-0.05, 0) is 58.1 Å². The normalized spacial score (nSPS) is 20.6. The summed E-state index contributed by atoms with van der Waals surface area (Å²) in [5.74, 6) is 1.32. The summed E-state index contributed by atoms with van der Waals surface area (Å²) >= 11 is 0. The maximum absolute atomic E-state index is 9.55. The average Bonchev–Trinajstić information content (AvgIpc) is 3.30. The van der Waals surface area contributed by atoms with E-state index < -0.39 is 0 Å². The van der Waals surface area contributed by atoms with Crippen LogP contribution in [-0.4, -0.2) is 38.6 Å². The maximum atomic E-state index is 9.55. The van der Waals surface area contributed by atoms with Crippen molar-refractivity contribution in [2.24, 2.45) is 5.92 Å². The molecule has 1 N–H and O–H groups in total. The van der Waals surface area contributed by atoms with E-state index >= 15 is 0 Å². The highest BCUT2D eigenvalue weighted by Gasteiger charge is 2.27. The predicted molar refractivity (Wildman–Crippen MR) is 114 cm³/mol. The number of rotatable bonds is 5. The summed E-state index contributed by atoms with van der Waals surface area (Å²) in [6, 6.07) is 4.70. The van der Waals surface area contributed by atoms with Crippen molar-refractivity contribution in [3.05, 3.63) is 35.9 Å². The molecule has 7 heteroatoms. The third-order valence-electron chi connectivity index (χ3n) is 6.80. The first kappa shape index (κ1) is 19.1. The fourth-order valence-corrected chi connectivity index (χ4v) is 4.73. The number of pyridine rings is 1.